The molecule has 0 radical (unpaired) electrons. The molecule has 1 aliphatic heterocycles. The zero-order valence-corrected chi connectivity index (χ0v) is 7.19. The average Bonchev–Trinajstić information content (AvgIpc) is 2.06. The summed E-state index contributed by atoms with van der Waals surface area (Å²) in [6, 6.07) is 0. The molecule has 0 amide bonds. The van der Waals surface area contributed by atoms with Crippen molar-refractivity contribution in [2.45, 2.75) is 0 Å². The molecule has 0 aliphatic carbocycles. The van der Waals surface area contributed by atoms with Crippen molar-refractivity contribution in [3.8, 4) is 0 Å². The summed E-state index contributed by atoms with van der Waals surface area (Å²) in [5, 5.41) is 6.37. The van der Waals surface area contributed by atoms with Crippen LogP contribution in [-0.4, -0.2) is 44.7 Å². The van der Waals surface area contributed by atoms with Crippen LogP contribution in [-0.2, 0) is 0 Å². The summed E-state index contributed by atoms with van der Waals surface area (Å²) in [5.74, 6) is 0. The monoisotopic (exact) mass is 155 g/mol. The second-order valence-corrected chi connectivity index (χ2v) is 2.88. The summed E-state index contributed by atoms with van der Waals surface area (Å²) in [6.07, 6.45) is 0. The number of rotatable bonds is 3. The van der Waals surface area contributed by atoms with E-state index in [4.69, 9.17) is 0 Å². The Morgan fingerprint density at radius 2 is 2.18 bits per heavy atom. The Labute approximate surface area is 68.5 Å². The van der Waals surface area contributed by atoms with Crippen molar-refractivity contribution < 1.29 is 0 Å². The van der Waals surface area contributed by atoms with E-state index in [-0.39, 0.29) is 0 Å². The molecule has 0 atom stereocenters. The fourth-order valence-corrected chi connectivity index (χ4v) is 1.22. The molecule has 0 unspecified atom stereocenters. The van der Waals surface area contributed by atoms with Gasteiger partial charge in [0.1, 0.15) is 0 Å². The minimum Gasteiger partial charge on any atom is -0.391 e. The fraction of sp³-hybridized carbons (Fsp3) is 0.750. The van der Waals surface area contributed by atoms with E-state index in [0.717, 1.165) is 38.4 Å². The van der Waals surface area contributed by atoms with Gasteiger partial charge in [-0.25, -0.2) is 0 Å². The molecule has 1 saturated heterocycles. The molecular weight excluding hydrogens is 138 g/mol. The average molecular weight is 155 g/mol. The van der Waals surface area contributed by atoms with E-state index in [0.29, 0.717) is 0 Å². The first kappa shape index (κ1) is 8.56. The minimum atomic E-state index is 0.984. The first-order chi connectivity index (χ1) is 5.33. The lowest BCUT2D eigenvalue weighted by Crippen LogP contribution is -2.44. The van der Waals surface area contributed by atoms with Gasteiger partial charge in [-0.2, -0.15) is 0 Å². The molecule has 3 nitrogen and oxygen atoms in total. The number of piperazine rings is 1. The molecule has 64 valence electrons. The first-order valence-corrected chi connectivity index (χ1v) is 4.11. The van der Waals surface area contributed by atoms with Gasteiger partial charge in [-0.05, 0) is 0 Å². The van der Waals surface area contributed by atoms with Crippen molar-refractivity contribution in [1.29, 1.82) is 0 Å². The molecule has 11 heavy (non-hydrogen) atoms. The van der Waals surface area contributed by atoms with Gasteiger partial charge < -0.3 is 10.6 Å². The summed E-state index contributed by atoms with van der Waals surface area (Å²) >= 11 is 0. The van der Waals surface area contributed by atoms with Crippen molar-refractivity contribution in [2.24, 2.45) is 0 Å². The van der Waals surface area contributed by atoms with Gasteiger partial charge in [0.05, 0.1) is 0 Å². The first-order valence-electron chi connectivity index (χ1n) is 4.11. The molecule has 3 heteroatoms. The lowest BCUT2D eigenvalue weighted by Gasteiger charge is -2.27. The largest absolute Gasteiger partial charge is 0.391 e. The fourth-order valence-electron chi connectivity index (χ4n) is 1.22. The van der Waals surface area contributed by atoms with Crippen LogP contribution in [0.25, 0.3) is 0 Å². The Balaban J connectivity index is 2.19. The van der Waals surface area contributed by atoms with Gasteiger partial charge in [-0.1, -0.05) is 6.58 Å². The second-order valence-electron chi connectivity index (χ2n) is 2.88. The Hall–Kier alpha value is -0.540. The highest BCUT2D eigenvalue weighted by Gasteiger charge is 2.08. The quantitative estimate of drug-likeness (QED) is 0.582. The summed E-state index contributed by atoms with van der Waals surface area (Å²) in [6.45, 7) is 9.37. The highest BCUT2D eigenvalue weighted by molar-refractivity contribution is 4.93. The molecule has 1 aliphatic rings. The van der Waals surface area contributed by atoms with Gasteiger partial charge in [0, 0.05) is 45.5 Å². The predicted molar refractivity (Wildman–Crippen MR) is 47.5 cm³/mol. The Morgan fingerprint density at radius 3 is 2.73 bits per heavy atom. The van der Waals surface area contributed by atoms with E-state index in [1.807, 2.05) is 7.05 Å². The predicted octanol–water partition coefficient (Wildman–Crippen LogP) is -0.375. The van der Waals surface area contributed by atoms with E-state index < -0.39 is 0 Å². The van der Waals surface area contributed by atoms with Crippen molar-refractivity contribution in [3.63, 3.8) is 0 Å². The van der Waals surface area contributed by atoms with Crippen LogP contribution in [0.1, 0.15) is 0 Å². The van der Waals surface area contributed by atoms with E-state index in [1.165, 1.54) is 0 Å². The van der Waals surface area contributed by atoms with Crippen molar-refractivity contribution >= 4 is 0 Å². The third-order valence-corrected chi connectivity index (χ3v) is 1.98. The van der Waals surface area contributed by atoms with E-state index in [9.17, 15) is 0 Å². The summed E-state index contributed by atoms with van der Waals surface area (Å²) in [5.41, 5.74) is 1.10. The van der Waals surface area contributed by atoms with Crippen LogP contribution in [0.4, 0.5) is 0 Å². The van der Waals surface area contributed by atoms with Crippen molar-refractivity contribution in [2.75, 3.05) is 39.8 Å². The minimum absolute atomic E-state index is 0.984. The molecule has 2 N–H and O–H groups in total. The van der Waals surface area contributed by atoms with Gasteiger partial charge in [-0.3, -0.25) is 4.90 Å². The van der Waals surface area contributed by atoms with Gasteiger partial charge in [0.15, 0.2) is 0 Å². The molecule has 1 heterocycles. The number of likely N-dealkylation sites (N-methyl/N-ethyl adjacent to an activating group) is 1. The van der Waals surface area contributed by atoms with Crippen molar-refractivity contribution in [1.82, 2.24) is 15.5 Å². The van der Waals surface area contributed by atoms with Crippen molar-refractivity contribution in [3.05, 3.63) is 12.3 Å². The Bertz CT molecular complexity index is 127. The highest BCUT2D eigenvalue weighted by atomic mass is 15.2. The van der Waals surface area contributed by atoms with Gasteiger partial charge >= 0.3 is 0 Å². The Kier molecular flexibility index (Phi) is 3.39. The molecular formula is C8H17N3. The van der Waals surface area contributed by atoms with Crippen LogP contribution in [0.5, 0.6) is 0 Å². The van der Waals surface area contributed by atoms with Gasteiger partial charge in [0.2, 0.25) is 0 Å². The second kappa shape index (κ2) is 4.36. The van der Waals surface area contributed by atoms with Gasteiger partial charge in [-0.15, -0.1) is 0 Å². The van der Waals surface area contributed by atoms with Crippen LogP contribution >= 0.6 is 0 Å². The molecule has 0 spiro atoms. The smallest absolute Gasteiger partial charge is 0.0376 e. The van der Waals surface area contributed by atoms with E-state index in [1.54, 1.807) is 0 Å². The third-order valence-electron chi connectivity index (χ3n) is 1.98. The van der Waals surface area contributed by atoms with E-state index in [2.05, 4.69) is 22.1 Å². The molecule has 0 saturated carbocycles. The van der Waals surface area contributed by atoms with Crippen LogP contribution < -0.4 is 10.6 Å². The van der Waals surface area contributed by atoms with E-state index >= 15 is 0 Å². The molecule has 0 aromatic carbocycles. The van der Waals surface area contributed by atoms with Crippen LogP contribution in [0.3, 0.4) is 0 Å². The summed E-state index contributed by atoms with van der Waals surface area (Å²) in [4.78, 5) is 2.40. The maximum Gasteiger partial charge on any atom is 0.0376 e. The standard InChI is InChI=1S/C8H17N3/c1-8(9-2)7-11-5-3-10-4-6-11/h9-10H,1,3-7H2,2H3. The topological polar surface area (TPSA) is 27.3 Å². The molecule has 1 rings (SSSR count). The maximum atomic E-state index is 3.89. The zero-order chi connectivity index (χ0) is 8.10. The molecule has 1 fully saturated rings. The number of nitrogens with one attached hydrogen (secondary N) is 2. The normalized spacial score (nSPS) is 19.7. The number of hydrogen-bond acceptors (Lipinski definition) is 3. The highest BCUT2D eigenvalue weighted by Crippen LogP contribution is 1.94. The molecule has 0 bridgehead atoms. The SMILES string of the molecule is C=C(CN1CCNCC1)NC. The van der Waals surface area contributed by atoms with Crippen LogP contribution in [0, 0.1) is 0 Å². The number of nitrogens with zero attached hydrogens (tertiary/aromatic N) is 1. The summed E-state index contributed by atoms with van der Waals surface area (Å²) in [7, 11) is 1.92. The number of hydrogen-bond donors (Lipinski definition) is 2. The zero-order valence-electron chi connectivity index (χ0n) is 7.19. The maximum absolute atomic E-state index is 3.89. The van der Waals surface area contributed by atoms with Crippen LogP contribution in [0.2, 0.25) is 0 Å². The lowest BCUT2D eigenvalue weighted by molar-refractivity contribution is 0.256. The van der Waals surface area contributed by atoms with Crippen LogP contribution in [0.15, 0.2) is 12.3 Å². The molecule has 0 aromatic heterocycles. The Morgan fingerprint density at radius 1 is 1.55 bits per heavy atom. The molecule has 0 aromatic rings. The third kappa shape index (κ3) is 2.91. The summed E-state index contributed by atoms with van der Waals surface area (Å²) < 4.78 is 0. The van der Waals surface area contributed by atoms with Gasteiger partial charge in [0.25, 0.3) is 0 Å². The lowest BCUT2D eigenvalue weighted by atomic mass is 10.3.